The summed E-state index contributed by atoms with van der Waals surface area (Å²) in [6.45, 7) is 7.17. The Morgan fingerprint density at radius 3 is 2.59 bits per heavy atom. The van der Waals surface area contributed by atoms with E-state index in [0.29, 0.717) is 6.04 Å². The second-order valence-corrected chi connectivity index (χ2v) is 5.98. The van der Waals surface area contributed by atoms with Crippen molar-refractivity contribution in [1.29, 1.82) is 0 Å². The van der Waals surface area contributed by atoms with Crippen LogP contribution in [0, 0.1) is 0 Å². The van der Waals surface area contributed by atoms with Crippen molar-refractivity contribution in [3.8, 4) is 11.3 Å². The average molecular weight is 301 g/mol. The summed E-state index contributed by atoms with van der Waals surface area (Å²) in [5.41, 5.74) is 4.55. The normalized spacial score (nSPS) is 11.4. The zero-order valence-electron chi connectivity index (χ0n) is 14.0. The minimum absolute atomic E-state index is 0.438. The van der Waals surface area contributed by atoms with Gasteiger partial charge >= 0.3 is 0 Å². The van der Waals surface area contributed by atoms with E-state index in [1.54, 1.807) is 0 Å². The minimum atomic E-state index is 0.438. The Morgan fingerprint density at radius 1 is 1.23 bits per heavy atom. The number of likely N-dealkylation sites (N-methyl/N-ethyl adjacent to an activating group) is 2. The third-order valence-electron chi connectivity index (χ3n) is 3.52. The van der Waals surface area contributed by atoms with E-state index in [4.69, 9.17) is 0 Å². The maximum Gasteiger partial charge on any atom is 0.0965 e. The highest BCUT2D eigenvalue weighted by molar-refractivity contribution is 5.65. The molecule has 0 amide bonds. The Hall–Kier alpha value is -1.85. The van der Waals surface area contributed by atoms with Crippen LogP contribution in [0.4, 0.5) is 5.69 Å². The highest BCUT2D eigenvalue weighted by atomic mass is 15.1. The Bertz CT molecular complexity index is 559. The minimum Gasteiger partial charge on any atom is -0.383 e. The molecule has 120 valence electrons. The van der Waals surface area contributed by atoms with Gasteiger partial charge < -0.3 is 15.5 Å². The van der Waals surface area contributed by atoms with E-state index >= 15 is 0 Å². The van der Waals surface area contributed by atoms with Gasteiger partial charge in [-0.3, -0.25) is 5.10 Å². The average Bonchev–Trinajstić information content (AvgIpc) is 2.93. The molecule has 0 unspecified atom stereocenters. The highest BCUT2D eigenvalue weighted by Gasteiger charge is 2.10. The number of nitrogens with one attached hydrogen (secondary N) is 3. The Morgan fingerprint density at radius 2 is 1.95 bits per heavy atom. The second kappa shape index (κ2) is 7.96. The molecular weight excluding hydrogens is 274 g/mol. The van der Waals surface area contributed by atoms with Crippen LogP contribution in [-0.2, 0) is 6.54 Å². The molecule has 1 heterocycles. The molecule has 0 radical (unpaired) electrons. The largest absolute Gasteiger partial charge is 0.383 e. The molecule has 2 aromatic rings. The molecular formula is C17H27N5. The van der Waals surface area contributed by atoms with Crippen LogP contribution in [0.3, 0.4) is 0 Å². The Kier molecular flexibility index (Phi) is 5.98. The topological polar surface area (TPSA) is 56.0 Å². The van der Waals surface area contributed by atoms with Crippen molar-refractivity contribution >= 4 is 5.69 Å². The van der Waals surface area contributed by atoms with Gasteiger partial charge in [0, 0.05) is 48.7 Å². The van der Waals surface area contributed by atoms with Crippen LogP contribution in [0.15, 0.2) is 30.5 Å². The first kappa shape index (κ1) is 16.5. The fourth-order valence-corrected chi connectivity index (χ4v) is 2.42. The first-order valence-electron chi connectivity index (χ1n) is 7.83. The molecule has 3 N–H and O–H groups in total. The zero-order chi connectivity index (χ0) is 15.9. The quantitative estimate of drug-likeness (QED) is 0.701. The van der Waals surface area contributed by atoms with Crippen LogP contribution >= 0.6 is 0 Å². The molecule has 0 aliphatic rings. The van der Waals surface area contributed by atoms with Crippen LogP contribution < -0.4 is 10.6 Å². The summed E-state index contributed by atoms with van der Waals surface area (Å²) in [5.74, 6) is 0. The van der Waals surface area contributed by atoms with Gasteiger partial charge in [-0.25, -0.2) is 0 Å². The van der Waals surface area contributed by atoms with Crippen LogP contribution in [0.5, 0.6) is 0 Å². The lowest BCUT2D eigenvalue weighted by atomic mass is 10.1. The van der Waals surface area contributed by atoms with Gasteiger partial charge in [0.2, 0.25) is 0 Å². The van der Waals surface area contributed by atoms with Gasteiger partial charge in [-0.05, 0) is 40.1 Å². The van der Waals surface area contributed by atoms with Gasteiger partial charge in [0.1, 0.15) is 0 Å². The number of aromatic amines is 1. The van der Waals surface area contributed by atoms with Crippen molar-refractivity contribution in [3.63, 3.8) is 0 Å². The number of benzene rings is 1. The third-order valence-corrected chi connectivity index (χ3v) is 3.52. The predicted molar refractivity (Wildman–Crippen MR) is 93.0 cm³/mol. The zero-order valence-corrected chi connectivity index (χ0v) is 14.0. The fraction of sp³-hybridized carbons (Fsp3) is 0.471. The van der Waals surface area contributed by atoms with Crippen molar-refractivity contribution in [3.05, 3.63) is 36.0 Å². The summed E-state index contributed by atoms with van der Waals surface area (Å²) >= 11 is 0. The van der Waals surface area contributed by atoms with Crippen molar-refractivity contribution in [2.75, 3.05) is 32.5 Å². The van der Waals surface area contributed by atoms with E-state index in [-0.39, 0.29) is 0 Å². The van der Waals surface area contributed by atoms with Gasteiger partial charge in [0.05, 0.1) is 5.69 Å². The number of H-pyrrole nitrogens is 1. The van der Waals surface area contributed by atoms with E-state index in [1.807, 2.05) is 13.2 Å². The lowest BCUT2D eigenvalue weighted by Crippen LogP contribution is -2.26. The van der Waals surface area contributed by atoms with Gasteiger partial charge in [0.15, 0.2) is 0 Å². The van der Waals surface area contributed by atoms with Crippen molar-refractivity contribution in [1.82, 2.24) is 20.4 Å². The molecule has 0 atom stereocenters. The van der Waals surface area contributed by atoms with Crippen LogP contribution in [0.2, 0.25) is 0 Å². The van der Waals surface area contributed by atoms with E-state index < -0.39 is 0 Å². The molecule has 5 nitrogen and oxygen atoms in total. The fourth-order valence-electron chi connectivity index (χ4n) is 2.42. The van der Waals surface area contributed by atoms with E-state index in [9.17, 15) is 0 Å². The van der Waals surface area contributed by atoms with Crippen molar-refractivity contribution in [2.24, 2.45) is 0 Å². The monoisotopic (exact) mass is 301 g/mol. The number of aromatic nitrogens is 2. The van der Waals surface area contributed by atoms with E-state index in [0.717, 1.165) is 36.6 Å². The maximum absolute atomic E-state index is 4.42. The third kappa shape index (κ3) is 4.58. The molecule has 0 bridgehead atoms. The van der Waals surface area contributed by atoms with Crippen LogP contribution in [0.1, 0.15) is 19.4 Å². The summed E-state index contributed by atoms with van der Waals surface area (Å²) in [6, 6.07) is 8.90. The molecule has 0 saturated carbocycles. The van der Waals surface area contributed by atoms with Crippen LogP contribution in [0.25, 0.3) is 11.3 Å². The standard InChI is InChI=1S/C17H27N5/c1-13(2)20-16-7-5-14(6-8-16)17-15(11-19-21-17)12-22(4)10-9-18-3/h5-8,11,13,18,20H,9-10,12H2,1-4H3,(H,19,21). The summed E-state index contributed by atoms with van der Waals surface area (Å²) < 4.78 is 0. The maximum atomic E-state index is 4.42. The lowest BCUT2D eigenvalue weighted by Gasteiger charge is -2.16. The molecule has 0 saturated heterocycles. The molecule has 1 aromatic carbocycles. The number of hydrogen-bond donors (Lipinski definition) is 3. The molecule has 2 rings (SSSR count). The molecule has 0 aliphatic heterocycles. The summed E-state index contributed by atoms with van der Waals surface area (Å²) in [5, 5.41) is 14.0. The Labute approximate surface area is 133 Å². The molecule has 0 spiro atoms. The molecule has 0 fully saturated rings. The van der Waals surface area contributed by atoms with Crippen molar-refractivity contribution in [2.45, 2.75) is 26.4 Å². The lowest BCUT2D eigenvalue weighted by molar-refractivity contribution is 0.328. The smallest absolute Gasteiger partial charge is 0.0965 e. The first-order valence-corrected chi connectivity index (χ1v) is 7.83. The van der Waals surface area contributed by atoms with Gasteiger partial charge in [-0.2, -0.15) is 5.10 Å². The molecule has 0 aliphatic carbocycles. The number of anilines is 1. The number of rotatable bonds is 8. The van der Waals surface area contributed by atoms with E-state index in [1.165, 1.54) is 5.56 Å². The predicted octanol–water partition coefficient (Wildman–Crippen LogP) is 2.55. The number of nitrogens with zero attached hydrogens (tertiary/aromatic N) is 2. The second-order valence-electron chi connectivity index (χ2n) is 5.98. The molecule has 1 aromatic heterocycles. The van der Waals surface area contributed by atoms with Crippen LogP contribution in [-0.4, -0.2) is 48.3 Å². The van der Waals surface area contributed by atoms with Gasteiger partial charge in [0.25, 0.3) is 0 Å². The summed E-state index contributed by atoms with van der Waals surface area (Å²) in [4.78, 5) is 2.29. The number of hydrogen-bond acceptors (Lipinski definition) is 4. The highest BCUT2D eigenvalue weighted by Crippen LogP contribution is 2.24. The van der Waals surface area contributed by atoms with Gasteiger partial charge in [-0.15, -0.1) is 0 Å². The molecule has 22 heavy (non-hydrogen) atoms. The first-order chi connectivity index (χ1) is 10.6. The van der Waals surface area contributed by atoms with E-state index in [2.05, 4.69) is 70.9 Å². The Balaban J connectivity index is 2.08. The van der Waals surface area contributed by atoms with Crippen molar-refractivity contribution < 1.29 is 0 Å². The summed E-state index contributed by atoms with van der Waals surface area (Å²) in [6.07, 6.45) is 1.99. The summed E-state index contributed by atoms with van der Waals surface area (Å²) in [7, 11) is 4.10. The SMILES string of the molecule is CNCCN(C)Cc1c[nH]nc1-c1ccc(NC(C)C)cc1. The molecule has 5 heteroatoms. The van der Waals surface area contributed by atoms with Gasteiger partial charge in [-0.1, -0.05) is 12.1 Å².